The number of furan rings is 1. The second-order valence-corrected chi connectivity index (χ2v) is 4.02. The number of carboxylic acids is 1. The van der Waals surface area contributed by atoms with E-state index in [4.69, 9.17) is 9.52 Å². The number of rotatable bonds is 3. The van der Waals surface area contributed by atoms with E-state index in [0.717, 1.165) is 0 Å². The monoisotopic (exact) mass is 275 g/mol. The number of amides is 1. The fourth-order valence-corrected chi connectivity index (χ4v) is 1.78. The standard InChI is InChI=1S/C11H9N5O4/c1-16-6(2-3-12-16)10(17)13-9-8-5(14-15-9)4-7(20-8)11(18)19/h2-4H,1H3,(H,18,19)(H2,13,14,15,17). The molecule has 9 heteroatoms. The molecule has 3 aromatic heterocycles. The highest BCUT2D eigenvalue weighted by atomic mass is 16.4. The number of aryl methyl sites for hydroxylation is 1. The lowest BCUT2D eigenvalue weighted by Gasteiger charge is -2.01. The number of carbonyl (C=O) groups excluding carboxylic acids is 1. The van der Waals surface area contributed by atoms with E-state index >= 15 is 0 Å². The van der Waals surface area contributed by atoms with E-state index in [-0.39, 0.29) is 17.2 Å². The van der Waals surface area contributed by atoms with Crippen molar-refractivity contribution in [1.82, 2.24) is 20.0 Å². The Bertz CT molecular complexity index is 812. The summed E-state index contributed by atoms with van der Waals surface area (Å²) in [6, 6.07) is 2.84. The largest absolute Gasteiger partial charge is 0.475 e. The van der Waals surface area contributed by atoms with Crippen molar-refractivity contribution in [2.75, 3.05) is 5.32 Å². The van der Waals surface area contributed by atoms with Crippen LogP contribution in [0.2, 0.25) is 0 Å². The van der Waals surface area contributed by atoms with Crippen molar-refractivity contribution in [3.8, 4) is 0 Å². The van der Waals surface area contributed by atoms with Gasteiger partial charge in [-0.1, -0.05) is 0 Å². The first-order valence-corrected chi connectivity index (χ1v) is 5.57. The molecule has 0 saturated carbocycles. The fourth-order valence-electron chi connectivity index (χ4n) is 1.78. The van der Waals surface area contributed by atoms with Gasteiger partial charge in [-0.2, -0.15) is 10.2 Å². The first-order valence-electron chi connectivity index (χ1n) is 5.57. The lowest BCUT2D eigenvalue weighted by atomic mass is 10.4. The zero-order valence-electron chi connectivity index (χ0n) is 10.2. The average molecular weight is 275 g/mol. The molecule has 0 aromatic carbocycles. The van der Waals surface area contributed by atoms with Crippen LogP contribution in [0.1, 0.15) is 21.0 Å². The molecule has 0 spiro atoms. The predicted octanol–water partition coefficient (Wildman–Crippen LogP) is 0.840. The van der Waals surface area contributed by atoms with Crippen molar-refractivity contribution < 1.29 is 19.1 Å². The summed E-state index contributed by atoms with van der Waals surface area (Å²) in [7, 11) is 1.63. The highest BCUT2D eigenvalue weighted by Crippen LogP contribution is 2.24. The zero-order valence-corrected chi connectivity index (χ0v) is 10.2. The van der Waals surface area contributed by atoms with Crippen molar-refractivity contribution in [2.45, 2.75) is 0 Å². The first-order chi connectivity index (χ1) is 9.56. The van der Waals surface area contributed by atoms with Gasteiger partial charge in [0, 0.05) is 19.3 Å². The molecule has 0 fully saturated rings. The molecule has 3 N–H and O–H groups in total. The molecule has 0 saturated heterocycles. The third-order valence-electron chi connectivity index (χ3n) is 2.73. The number of fused-ring (bicyclic) bond motifs is 1. The number of carboxylic acid groups (broad SMARTS) is 1. The van der Waals surface area contributed by atoms with E-state index < -0.39 is 11.9 Å². The van der Waals surface area contributed by atoms with Crippen LogP contribution in [0.5, 0.6) is 0 Å². The average Bonchev–Trinajstić information content (AvgIpc) is 3.05. The van der Waals surface area contributed by atoms with Crippen LogP contribution in [0.3, 0.4) is 0 Å². The molecule has 3 aromatic rings. The Morgan fingerprint density at radius 3 is 2.95 bits per heavy atom. The van der Waals surface area contributed by atoms with Crippen LogP contribution in [0.25, 0.3) is 11.1 Å². The number of nitrogens with zero attached hydrogens (tertiary/aromatic N) is 3. The van der Waals surface area contributed by atoms with Gasteiger partial charge >= 0.3 is 5.97 Å². The number of aromatic carboxylic acids is 1. The lowest BCUT2D eigenvalue weighted by molar-refractivity contribution is 0.0665. The molecule has 20 heavy (non-hydrogen) atoms. The van der Waals surface area contributed by atoms with Crippen LogP contribution in [0.15, 0.2) is 22.7 Å². The van der Waals surface area contributed by atoms with Crippen molar-refractivity contribution in [1.29, 1.82) is 0 Å². The minimum atomic E-state index is -1.20. The van der Waals surface area contributed by atoms with Gasteiger partial charge in [0.1, 0.15) is 11.2 Å². The summed E-state index contributed by atoms with van der Waals surface area (Å²) in [5.41, 5.74) is 0.909. The van der Waals surface area contributed by atoms with Gasteiger partial charge in [-0.15, -0.1) is 0 Å². The molecular formula is C11H9N5O4. The summed E-state index contributed by atoms with van der Waals surface area (Å²) in [5, 5.41) is 21.7. The normalized spacial score (nSPS) is 10.8. The number of aromatic nitrogens is 4. The summed E-state index contributed by atoms with van der Waals surface area (Å²) < 4.78 is 6.53. The van der Waals surface area contributed by atoms with Crippen LogP contribution in [-0.4, -0.2) is 37.0 Å². The van der Waals surface area contributed by atoms with Gasteiger partial charge in [0.15, 0.2) is 11.4 Å². The van der Waals surface area contributed by atoms with Gasteiger partial charge in [-0.3, -0.25) is 14.6 Å². The van der Waals surface area contributed by atoms with Crippen LogP contribution in [0, 0.1) is 0 Å². The molecule has 0 aliphatic rings. The number of hydrogen-bond donors (Lipinski definition) is 3. The second-order valence-electron chi connectivity index (χ2n) is 4.02. The number of H-pyrrole nitrogens is 1. The highest BCUT2D eigenvalue weighted by molar-refractivity contribution is 6.06. The van der Waals surface area contributed by atoms with Gasteiger partial charge in [0.2, 0.25) is 5.76 Å². The molecule has 3 rings (SSSR count). The van der Waals surface area contributed by atoms with Crippen LogP contribution < -0.4 is 5.32 Å². The Balaban J connectivity index is 1.93. The van der Waals surface area contributed by atoms with Crippen LogP contribution in [0.4, 0.5) is 5.82 Å². The maximum absolute atomic E-state index is 12.0. The Kier molecular flexibility index (Phi) is 2.53. The summed E-state index contributed by atoms with van der Waals surface area (Å²) in [6.45, 7) is 0. The van der Waals surface area contributed by atoms with Crippen LogP contribution >= 0.6 is 0 Å². The first kappa shape index (κ1) is 12.0. The minimum absolute atomic E-state index is 0.124. The summed E-state index contributed by atoms with van der Waals surface area (Å²) in [4.78, 5) is 22.8. The van der Waals surface area contributed by atoms with E-state index in [2.05, 4.69) is 20.6 Å². The molecule has 0 unspecified atom stereocenters. The lowest BCUT2D eigenvalue weighted by Crippen LogP contribution is -2.16. The van der Waals surface area contributed by atoms with Crippen molar-refractivity contribution in [3.05, 3.63) is 29.8 Å². The number of anilines is 1. The van der Waals surface area contributed by atoms with Gasteiger partial charge < -0.3 is 14.8 Å². The third-order valence-corrected chi connectivity index (χ3v) is 2.73. The van der Waals surface area contributed by atoms with Crippen LogP contribution in [-0.2, 0) is 7.05 Å². The van der Waals surface area contributed by atoms with Gasteiger partial charge in [0.25, 0.3) is 5.91 Å². The molecular weight excluding hydrogens is 266 g/mol. The number of nitrogens with one attached hydrogen (secondary N) is 2. The molecule has 0 bridgehead atoms. The number of aromatic amines is 1. The molecule has 0 radical (unpaired) electrons. The van der Waals surface area contributed by atoms with E-state index in [0.29, 0.717) is 11.2 Å². The topological polar surface area (TPSA) is 126 Å². The highest BCUT2D eigenvalue weighted by Gasteiger charge is 2.19. The quantitative estimate of drug-likeness (QED) is 0.650. The zero-order chi connectivity index (χ0) is 14.3. The Hall–Kier alpha value is -3.10. The van der Waals surface area contributed by atoms with Gasteiger partial charge in [-0.25, -0.2) is 4.79 Å². The van der Waals surface area contributed by atoms with E-state index in [9.17, 15) is 9.59 Å². The van der Waals surface area contributed by atoms with Gasteiger partial charge in [0.05, 0.1) is 0 Å². The smallest absolute Gasteiger partial charge is 0.371 e. The maximum Gasteiger partial charge on any atom is 0.371 e. The fraction of sp³-hybridized carbons (Fsp3) is 0.0909. The molecule has 0 aliphatic carbocycles. The predicted molar refractivity (Wildman–Crippen MR) is 66.5 cm³/mol. The Morgan fingerprint density at radius 2 is 2.30 bits per heavy atom. The SMILES string of the molecule is Cn1nccc1C(=O)Nc1n[nH]c2cc(C(=O)O)oc12. The van der Waals surface area contributed by atoms with Gasteiger partial charge in [-0.05, 0) is 6.07 Å². The van der Waals surface area contributed by atoms with E-state index in [1.165, 1.54) is 16.9 Å². The maximum atomic E-state index is 12.0. The minimum Gasteiger partial charge on any atom is -0.475 e. The summed E-state index contributed by atoms with van der Waals surface area (Å²) in [6.07, 6.45) is 1.49. The summed E-state index contributed by atoms with van der Waals surface area (Å²) >= 11 is 0. The molecule has 9 nitrogen and oxygen atoms in total. The number of carbonyl (C=O) groups is 2. The van der Waals surface area contributed by atoms with E-state index in [1.54, 1.807) is 13.1 Å². The second kappa shape index (κ2) is 4.23. The van der Waals surface area contributed by atoms with Crippen molar-refractivity contribution in [3.63, 3.8) is 0 Å². The van der Waals surface area contributed by atoms with Crippen molar-refractivity contribution >= 4 is 28.8 Å². The van der Waals surface area contributed by atoms with E-state index in [1.807, 2.05) is 0 Å². The molecule has 0 atom stereocenters. The Morgan fingerprint density at radius 1 is 1.50 bits per heavy atom. The molecule has 0 aliphatic heterocycles. The Labute approximate surface area is 111 Å². The third kappa shape index (κ3) is 1.81. The molecule has 102 valence electrons. The molecule has 3 heterocycles. The summed E-state index contributed by atoms with van der Waals surface area (Å²) in [5.74, 6) is -1.73. The van der Waals surface area contributed by atoms with Crippen molar-refractivity contribution in [2.24, 2.45) is 7.05 Å². The molecule has 1 amide bonds. The number of hydrogen-bond acceptors (Lipinski definition) is 5.